The molecule has 72 valence electrons. The summed E-state index contributed by atoms with van der Waals surface area (Å²) in [5, 5.41) is 2.36. The molecule has 0 saturated carbocycles. The summed E-state index contributed by atoms with van der Waals surface area (Å²) in [6, 6.07) is 6.40. The van der Waals surface area contributed by atoms with Crippen molar-refractivity contribution in [2.75, 3.05) is 6.54 Å². The molecule has 0 unspecified atom stereocenters. The largest absolute Gasteiger partial charge is 0.345 e. The Labute approximate surface area is 80.9 Å². The Morgan fingerprint density at radius 3 is 2.64 bits per heavy atom. The molecule has 0 radical (unpaired) electrons. The first kappa shape index (κ1) is 10.1. The lowest BCUT2D eigenvalue weighted by Crippen LogP contribution is -2.26. The molecular formula is C10H9NO3. The summed E-state index contributed by atoms with van der Waals surface area (Å²) in [7, 11) is 0. The van der Waals surface area contributed by atoms with E-state index < -0.39 is 5.91 Å². The fourth-order valence-corrected chi connectivity index (χ4v) is 1.04. The minimum atomic E-state index is -0.417. The average Bonchev–Trinajstić information content (AvgIpc) is 2.25. The molecule has 0 spiro atoms. The van der Waals surface area contributed by atoms with Crippen molar-refractivity contribution in [1.82, 2.24) is 5.32 Å². The highest BCUT2D eigenvalue weighted by Crippen LogP contribution is 2.05. The first-order chi connectivity index (χ1) is 6.79. The number of nitrogens with one attached hydrogen (secondary N) is 1. The van der Waals surface area contributed by atoms with Crippen LogP contribution in [0.2, 0.25) is 0 Å². The van der Waals surface area contributed by atoms with E-state index in [-0.39, 0.29) is 12.1 Å². The third kappa shape index (κ3) is 2.26. The quantitative estimate of drug-likeness (QED) is 0.702. The number of hydrogen-bond donors (Lipinski definition) is 1. The van der Waals surface area contributed by atoms with E-state index in [1.807, 2.05) is 0 Å². The van der Waals surface area contributed by atoms with Crippen LogP contribution in [0.15, 0.2) is 24.3 Å². The Hall–Kier alpha value is -1.97. The van der Waals surface area contributed by atoms with E-state index in [4.69, 9.17) is 0 Å². The number of aldehydes is 2. The SMILES string of the molecule is O=CCNC(=O)c1ccccc1C=O. The zero-order valence-electron chi connectivity index (χ0n) is 7.40. The van der Waals surface area contributed by atoms with Crippen LogP contribution in [0.3, 0.4) is 0 Å². The molecule has 0 atom stereocenters. The van der Waals surface area contributed by atoms with E-state index >= 15 is 0 Å². The topological polar surface area (TPSA) is 63.2 Å². The van der Waals surface area contributed by atoms with Crippen LogP contribution in [0.5, 0.6) is 0 Å². The molecule has 1 rings (SSSR count). The van der Waals surface area contributed by atoms with Gasteiger partial charge in [-0.25, -0.2) is 0 Å². The van der Waals surface area contributed by atoms with E-state index in [2.05, 4.69) is 5.32 Å². The second-order valence-corrected chi connectivity index (χ2v) is 2.58. The summed E-state index contributed by atoms with van der Waals surface area (Å²) in [6.07, 6.45) is 1.19. The van der Waals surface area contributed by atoms with Crippen LogP contribution < -0.4 is 5.32 Å². The third-order valence-electron chi connectivity index (χ3n) is 1.68. The van der Waals surface area contributed by atoms with Crippen molar-refractivity contribution in [3.63, 3.8) is 0 Å². The summed E-state index contributed by atoms with van der Waals surface area (Å²) in [5.41, 5.74) is 0.597. The Morgan fingerprint density at radius 1 is 1.29 bits per heavy atom. The van der Waals surface area contributed by atoms with Crippen LogP contribution >= 0.6 is 0 Å². The highest BCUT2D eigenvalue weighted by atomic mass is 16.2. The van der Waals surface area contributed by atoms with Gasteiger partial charge < -0.3 is 10.1 Å². The summed E-state index contributed by atoms with van der Waals surface area (Å²) in [4.78, 5) is 31.9. The van der Waals surface area contributed by atoms with Crippen LogP contribution in [0.4, 0.5) is 0 Å². The van der Waals surface area contributed by atoms with E-state index in [1.165, 1.54) is 6.07 Å². The maximum absolute atomic E-state index is 11.4. The second-order valence-electron chi connectivity index (χ2n) is 2.58. The molecular weight excluding hydrogens is 182 g/mol. The van der Waals surface area contributed by atoms with Crippen molar-refractivity contribution in [3.8, 4) is 0 Å². The Morgan fingerprint density at radius 2 is 2.00 bits per heavy atom. The fourth-order valence-electron chi connectivity index (χ4n) is 1.04. The Bertz CT molecular complexity index is 360. The van der Waals surface area contributed by atoms with E-state index in [0.29, 0.717) is 18.1 Å². The van der Waals surface area contributed by atoms with Gasteiger partial charge in [0.15, 0.2) is 6.29 Å². The van der Waals surface area contributed by atoms with Gasteiger partial charge in [0.25, 0.3) is 5.91 Å². The number of hydrogen-bond acceptors (Lipinski definition) is 3. The highest BCUT2D eigenvalue weighted by Gasteiger charge is 2.08. The fraction of sp³-hybridized carbons (Fsp3) is 0.100. The van der Waals surface area contributed by atoms with Gasteiger partial charge in [0.1, 0.15) is 6.29 Å². The predicted octanol–water partition coefficient (Wildman–Crippen LogP) is 0.428. The van der Waals surface area contributed by atoms with Gasteiger partial charge in [-0.05, 0) is 6.07 Å². The van der Waals surface area contributed by atoms with Crippen molar-refractivity contribution < 1.29 is 14.4 Å². The maximum Gasteiger partial charge on any atom is 0.252 e. The normalized spacial score (nSPS) is 9.14. The number of amides is 1. The van der Waals surface area contributed by atoms with Crippen molar-refractivity contribution in [3.05, 3.63) is 35.4 Å². The minimum Gasteiger partial charge on any atom is -0.345 e. The number of benzene rings is 1. The van der Waals surface area contributed by atoms with Gasteiger partial charge >= 0.3 is 0 Å². The zero-order chi connectivity index (χ0) is 10.4. The summed E-state index contributed by atoms with van der Waals surface area (Å²) >= 11 is 0. The van der Waals surface area contributed by atoms with Crippen LogP contribution in [-0.2, 0) is 4.79 Å². The molecule has 0 aliphatic heterocycles. The Balaban J connectivity index is 2.88. The van der Waals surface area contributed by atoms with E-state index in [9.17, 15) is 14.4 Å². The van der Waals surface area contributed by atoms with Gasteiger partial charge in [0, 0.05) is 11.1 Å². The molecule has 4 nitrogen and oxygen atoms in total. The Kier molecular flexibility index (Phi) is 3.55. The molecule has 1 aromatic carbocycles. The molecule has 1 amide bonds. The molecule has 0 heterocycles. The van der Waals surface area contributed by atoms with Gasteiger partial charge in [-0.15, -0.1) is 0 Å². The van der Waals surface area contributed by atoms with Gasteiger partial charge in [-0.3, -0.25) is 9.59 Å². The average molecular weight is 191 g/mol. The first-order valence-electron chi connectivity index (χ1n) is 4.05. The van der Waals surface area contributed by atoms with Crippen LogP contribution in [0.25, 0.3) is 0 Å². The molecule has 0 fully saturated rings. The lowest BCUT2D eigenvalue weighted by molar-refractivity contribution is -0.107. The van der Waals surface area contributed by atoms with Crippen molar-refractivity contribution in [1.29, 1.82) is 0 Å². The molecule has 1 aromatic rings. The monoisotopic (exact) mass is 191 g/mol. The molecule has 1 N–H and O–H groups in total. The lowest BCUT2D eigenvalue weighted by atomic mass is 10.1. The number of rotatable bonds is 4. The standard InChI is InChI=1S/C10H9NO3/c12-6-5-11-10(14)9-4-2-1-3-8(9)7-13/h1-4,6-7H,5H2,(H,11,14). The minimum absolute atomic E-state index is 0.0496. The number of carbonyl (C=O) groups is 3. The van der Waals surface area contributed by atoms with Crippen LogP contribution in [-0.4, -0.2) is 25.0 Å². The van der Waals surface area contributed by atoms with Crippen molar-refractivity contribution in [2.45, 2.75) is 0 Å². The van der Waals surface area contributed by atoms with Gasteiger partial charge in [0.05, 0.1) is 6.54 Å². The molecule has 0 aliphatic carbocycles. The predicted molar refractivity (Wildman–Crippen MR) is 50.2 cm³/mol. The lowest BCUT2D eigenvalue weighted by Gasteiger charge is -2.03. The molecule has 4 heteroatoms. The van der Waals surface area contributed by atoms with E-state index in [0.717, 1.165) is 0 Å². The summed E-state index contributed by atoms with van der Waals surface area (Å²) < 4.78 is 0. The van der Waals surface area contributed by atoms with Crippen LogP contribution in [0, 0.1) is 0 Å². The smallest absolute Gasteiger partial charge is 0.252 e. The molecule has 0 aromatic heterocycles. The van der Waals surface area contributed by atoms with E-state index in [1.54, 1.807) is 18.2 Å². The maximum atomic E-state index is 11.4. The van der Waals surface area contributed by atoms with Crippen LogP contribution in [0.1, 0.15) is 20.7 Å². The molecule has 0 saturated heterocycles. The molecule has 14 heavy (non-hydrogen) atoms. The van der Waals surface area contributed by atoms with Crippen molar-refractivity contribution in [2.24, 2.45) is 0 Å². The number of carbonyl (C=O) groups excluding carboxylic acids is 3. The third-order valence-corrected chi connectivity index (χ3v) is 1.68. The van der Waals surface area contributed by atoms with Gasteiger partial charge in [-0.1, -0.05) is 18.2 Å². The van der Waals surface area contributed by atoms with Crippen molar-refractivity contribution >= 4 is 18.5 Å². The zero-order valence-corrected chi connectivity index (χ0v) is 7.40. The summed E-state index contributed by atoms with van der Waals surface area (Å²) in [5.74, 6) is -0.417. The highest BCUT2D eigenvalue weighted by molar-refractivity contribution is 6.01. The molecule has 0 bridgehead atoms. The summed E-state index contributed by atoms with van der Waals surface area (Å²) in [6.45, 7) is -0.0496. The van der Waals surface area contributed by atoms with Gasteiger partial charge in [-0.2, -0.15) is 0 Å². The second kappa shape index (κ2) is 4.91. The first-order valence-corrected chi connectivity index (χ1v) is 4.05. The van der Waals surface area contributed by atoms with Gasteiger partial charge in [0.2, 0.25) is 0 Å². The molecule has 0 aliphatic rings.